The number of pyridine rings is 1. The number of fused-ring (bicyclic) bond motifs is 1. The number of carbonyl (C=O) groups is 2. The SMILES string of the molecule is O=C(Nc1ccc(C(=O)O)cc1)N[C@]1(c2ccc(OC(F)(F)F)c(F)c2)CCOc2cccnc21. The van der Waals surface area contributed by atoms with Crippen LogP contribution in [0.25, 0.3) is 0 Å². The van der Waals surface area contributed by atoms with Gasteiger partial charge in [0.2, 0.25) is 0 Å². The third-order valence-electron chi connectivity index (χ3n) is 5.28. The maximum Gasteiger partial charge on any atom is 0.573 e. The van der Waals surface area contributed by atoms with Gasteiger partial charge < -0.3 is 25.2 Å². The summed E-state index contributed by atoms with van der Waals surface area (Å²) in [6, 6.07) is 10.7. The first-order chi connectivity index (χ1) is 16.6. The van der Waals surface area contributed by atoms with E-state index < -0.39 is 35.5 Å². The highest BCUT2D eigenvalue weighted by Gasteiger charge is 2.43. The van der Waals surface area contributed by atoms with Gasteiger partial charge in [-0.25, -0.2) is 14.0 Å². The second-order valence-electron chi connectivity index (χ2n) is 7.51. The molecule has 0 saturated carbocycles. The molecule has 0 spiro atoms. The standard InChI is InChI=1S/C23H17F4N3O5/c24-16-12-14(5-8-17(16)35-23(25,26)27)22(9-11-34-18-2-1-10-28-19(18)22)30-21(33)29-15-6-3-13(4-7-15)20(31)32/h1-8,10,12H,9,11H2,(H,31,32)(H2,29,30,33)/t22-/m0/s1. The van der Waals surface area contributed by atoms with Crippen molar-refractivity contribution in [3.63, 3.8) is 0 Å². The molecule has 4 rings (SSSR count). The van der Waals surface area contributed by atoms with Crippen LogP contribution in [0.5, 0.6) is 11.5 Å². The van der Waals surface area contributed by atoms with Gasteiger partial charge in [0.25, 0.3) is 0 Å². The third kappa shape index (κ3) is 5.10. The molecule has 12 heteroatoms. The summed E-state index contributed by atoms with van der Waals surface area (Å²) in [6.45, 7) is 0.0920. The van der Waals surface area contributed by atoms with E-state index in [0.29, 0.717) is 5.75 Å². The zero-order valence-electron chi connectivity index (χ0n) is 17.7. The van der Waals surface area contributed by atoms with E-state index in [1.165, 1.54) is 36.5 Å². The number of amides is 2. The normalized spacial score (nSPS) is 17.0. The highest BCUT2D eigenvalue weighted by atomic mass is 19.4. The van der Waals surface area contributed by atoms with Crippen LogP contribution in [0.3, 0.4) is 0 Å². The van der Waals surface area contributed by atoms with Crippen LogP contribution in [0, 0.1) is 5.82 Å². The zero-order valence-corrected chi connectivity index (χ0v) is 17.7. The lowest BCUT2D eigenvalue weighted by Crippen LogP contribution is -2.51. The van der Waals surface area contributed by atoms with Gasteiger partial charge in [-0.1, -0.05) is 6.07 Å². The first-order valence-electron chi connectivity index (χ1n) is 10.1. The molecule has 0 saturated heterocycles. The fraction of sp³-hybridized carbons (Fsp3) is 0.174. The van der Waals surface area contributed by atoms with E-state index in [1.54, 1.807) is 12.1 Å². The summed E-state index contributed by atoms with van der Waals surface area (Å²) in [6.07, 6.45) is -3.56. The quantitative estimate of drug-likeness (QED) is 0.448. The number of halogens is 4. The van der Waals surface area contributed by atoms with Gasteiger partial charge in [-0.3, -0.25) is 4.98 Å². The molecule has 3 N–H and O–H groups in total. The van der Waals surface area contributed by atoms with Gasteiger partial charge in [0, 0.05) is 18.3 Å². The number of ether oxygens (including phenoxy) is 2. The van der Waals surface area contributed by atoms with Crippen LogP contribution in [-0.2, 0) is 5.54 Å². The van der Waals surface area contributed by atoms with Crippen LogP contribution in [0.15, 0.2) is 60.8 Å². The summed E-state index contributed by atoms with van der Waals surface area (Å²) in [7, 11) is 0. The fourth-order valence-electron chi connectivity index (χ4n) is 3.76. The molecular weight excluding hydrogens is 474 g/mol. The van der Waals surface area contributed by atoms with Gasteiger partial charge in [-0.05, 0) is 54.1 Å². The maximum absolute atomic E-state index is 14.6. The largest absolute Gasteiger partial charge is 0.573 e. The monoisotopic (exact) mass is 491 g/mol. The topological polar surface area (TPSA) is 110 Å². The number of nitrogens with one attached hydrogen (secondary N) is 2. The second kappa shape index (κ2) is 9.12. The smallest absolute Gasteiger partial charge is 0.491 e. The number of anilines is 1. The third-order valence-corrected chi connectivity index (χ3v) is 5.28. The molecule has 3 aromatic rings. The summed E-state index contributed by atoms with van der Waals surface area (Å²) in [5, 5.41) is 14.3. The van der Waals surface area contributed by atoms with Crippen molar-refractivity contribution < 1.29 is 41.7 Å². The second-order valence-corrected chi connectivity index (χ2v) is 7.51. The molecule has 182 valence electrons. The molecular formula is C23H17F4N3O5. The van der Waals surface area contributed by atoms with Crippen molar-refractivity contribution in [3.05, 3.63) is 83.4 Å². The van der Waals surface area contributed by atoms with Gasteiger partial charge >= 0.3 is 18.4 Å². The van der Waals surface area contributed by atoms with Gasteiger partial charge in [0.15, 0.2) is 11.6 Å². The van der Waals surface area contributed by atoms with Crippen molar-refractivity contribution in [2.45, 2.75) is 18.3 Å². The number of urea groups is 1. The lowest BCUT2D eigenvalue weighted by Gasteiger charge is -2.39. The summed E-state index contributed by atoms with van der Waals surface area (Å²) in [5.41, 5.74) is -0.823. The minimum Gasteiger partial charge on any atom is -0.491 e. The predicted molar refractivity (Wildman–Crippen MR) is 114 cm³/mol. The van der Waals surface area contributed by atoms with Crippen LogP contribution in [-0.4, -0.2) is 35.1 Å². The van der Waals surface area contributed by atoms with E-state index in [4.69, 9.17) is 9.84 Å². The summed E-state index contributed by atoms with van der Waals surface area (Å²) >= 11 is 0. The van der Waals surface area contributed by atoms with Crippen LogP contribution in [0.4, 0.5) is 28.0 Å². The number of aromatic nitrogens is 1. The number of nitrogens with zero attached hydrogens (tertiary/aromatic N) is 1. The Hall–Kier alpha value is -4.35. The Morgan fingerprint density at radius 1 is 1.11 bits per heavy atom. The van der Waals surface area contributed by atoms with Crippen LogP contribution in [0.2, 0.25) is 0 Å². The Kier molecular flexibility index (Phi) is 6.20. The van der Waals surface area contributed by atoms with Crippen molar-refractivity contribution in [1.82, 2.24) is 10.3 Å². The molecule has 8 nitrogen and oxygen atoms in total. The fourth-order valence-corrected chi connectivity index (χ4v) is 3.76. The molecule has 0 bridgehead atoms. The van der Waals surface area contributed by atoms with E-state index in [0.717, 1.165) is 12.1 Å². The van der Waals surface area contributed by atoms with E-state index in [2.05, 4.69) is 20.4 Å². The van der Waals surface area contributed by atoms with E-state index >= 15 is 0 Å². The highest BCUT2D eigenvalue weighted by Crippen LogP contribution is 2.41. The first-order valence-corrected chi connectivity index (χ1v) is 10.1. The minimum absolute atomic E-state index is 0.0200. The number of rotatable bonds is 5. The molecule has 0 fully saturated rings. The molecule has 1 aromatic heterocycles. The van der Waals surface area contributed by atoms with E-state index in [9.17, 15) is 27.2 Å². The van der Waals surface area contributed by atoms with Crippen LogP contribution in [0.1, 0.15) is 28.0 Å². The lowest BCUT2D eigenvalue weighted by molar-refractivity contribution is -0.275. The number of alkyl halides is 3. The van der Waals surface area contributed by atoms with Crippen LogP contribution >= 0.6 is 0 Å². The Bertz CT molecular complexity index is 1270. The van der Waals surface area contributed by atoms with Gasteiger partial charge in [0.1, 0.15) is 17.0 Å². The van der Waals surface area contributed by atoms with Crippen molar-refractivity contribution >= 4 is 17.7 Å². The molecule has 2 amide bonds. The van der Waals surface area contributed by atoms with Crippen molar-refractivity contribution in [1.29, 1.82) is 0 Å². The summed E-state index contributed by atoms with van der Waals surface area (Å²) in [4.78, 5) is 28.3. The summed E-state index contributed by atoms with van der Waals surface area (Å²) in [5.74, 6) is -3.13. The lowest BCUT2D eigenvalue weighted by atomic mass is 9.81. The molecule has 2 heterocycles. The Morgan fingerprint density at radius 3 is 2.51 bits per heavy atom. The van der Waals surface area contributed by atoms with E-state index in [1.807, 2.05) is 0 Å². The number of hydrogen-bond acceptors (Lipinski definition) is 5. The first kappa shape index (κ1) is 23.8. The predicted octanol–water partition coefficient (Wildman–Crippen LogP) is 4.67. The number of carboxylic acids is 1. The number of aromatic carboxylic acids is 1. The Labute approximate surface area is 195 Å². The average Bonchev–Trinajstić information content (AvgIpc) is 2.80. The number of benzene rings is 2. The Balaban J connectivity index is 1.70. The molecule has 35 heavy (non-hydrogen) atoms. The summed E-state index contributed by atoms with van der Waals surface area (Å²) < 4.78 is 61.7. The number of carboxylic acid groups (broad SMARTS) is 1. The van der Waals surface area contributed by atoms with Gasteiger partial charge in [-0.2, -0.15) is 0 Å². The number of carbonyl (C=O) groups excluding carboxylic acids is 1. The molecule has 1 atom stereocenters. The maximum atomic E-state index is 14.6. The zero-order chi connectivity index (χ0) is 25.2. The van der Waals surface area contributed by atoms with Gasteiger partial charge in [0.05, 0.1) is 12.2 Å². The minimum atomic E-state index is -5.08. The Morgan fingerprint density at radius 2 is 1.86 bits per heavy atom. The van der Waals surface area contributed by atoms with Crippen molar-refractivity contribution in [2.75, 3.05) is 11.9 Å². The molecule has 2 aromatic carbocycles. The number of hydrogen-bond donors (Lipinski definition) is 3. The average molecular weight is 491 g/mol. The van der Waals surface area contributed by atoms with Crippen molar-refractivity contribution in [2.24, 2.45) is 0 Å². The molecule has 1 aliphatic heterocycles. The van der Waals surface area contributed by atoms with Gasteiger partial charge in [-0.15, -0.1) is 13.2 Å². The van der Waals surface area contributed by atoms with E-state index in [-0.39, 0.29) is 35.5 Å². The van der Waals surface area contributed by atoms with Crippen LogP contribution < -0.4 is 20.1 Å². The molecule has 0 unspecified atom stereocenters. The molecule has 0 radical (unpaired) electrons. The molecule has 0 aliphatic carbocycles. The molecule has 1 aliphatic rings. The highest BCUT2D eigenvalue weighted by molar-refractivity contribution is 5.92. The van der Waals surface area contributed by atoms with Crippen molar-refractivity contribution in [3.8, 4) is 11.5 Å².